The average molecular weight is 396 g/mol. The molecular weight excluding hydrogens is 375 g/mol. The van der Waals surface area contributed by atoms with E-state index < -0.39 is 0 Å². The number of nitrogens with zero attached hydrogens (tertiary/aromatic N) is 3. The zero-order chi connectivity index (χ0) is 20.2. The van der Waals surface area contributed by atoms with Gasteiger partial charge in [-0.15, -0.1) is 5.10 Å². The van der Waals surface area contributed by atoms with Crippen molar-refractivity contribution in [3.8, 4) is 5.75 Å². The number of fused-ring (bicyclic) bond motifs is 1. The number of hydrogen-bond acceptors (Lipinski definition) is 5. The molecule has 1 aliphatic heterocycles. The maximum absolute atomic E-state index is 13.1. The Morgan fingerprint density at radius 2 is 2.07 bits per heavy atom. The summed E-state index contributed by atoms with van der Waals surface area (Å²) in [5.74, 6) is 0.128. The predicted molar refractivity (Wildman–Crippen MR) is 103 cm³/mol. The zero-order valence-electron chi connectivity index (χ0n) is 16.0. The summed E-state index contributed by atoms with van der Waals surface area (Å²) >= 11 is 0. The van der Waals surface area contributed by atoms with Gasteiger partial charge in [0.25, 0.3) is 5.91 Å². The molecule has 1 aliphatic rings. The van der Waals surface area contributed by atoms with Gasteiger partial charge in [-0.2, -0.15) is 0 Å². The third-order valence-corrected chi connectivity index (χ3v) is 4.77. The highest BCUT2D eigenvalue weighted by atomic mass is 19.1. The molecule has 4 rings (SSSR count). The van der Waals surface area contributed by atoms with E-state index in [0.717, 1.165) is 16.9 Å². The van der Waals surface area contributed by atoms with Crippen LogP contribution in [0.25, 0.3) is 0 Å². The highest BCUT2D eigenvalue weighted by Crippen LogP contribution is 2.27. The number of para-hydroxylation sites is 1. The van der Waals surface area contributed by atoms with Crippen LogP contribution in [0, 0.1) is 5.82 Å². The van der Waals surface area contributed by atoms with Gasteiger partial charge in [-0.1, -0.05) is 35.5 Å². The van der Waals surface area contributed by atoms with Crippen molar-refractivity contribution in [1.29, 1.82) is 0 Å². The molecule has 29 heavy (non-hydrogen) atoms. The van der Waals surface area contributed by atoms with Crippen molar-refractivity contribution in [2.24, 2.45) is 0 Å². The Kier molecular flexibility index (Phi) is 5.53. The normalized spacial score (nSPS) is 15.6. The second-order valence-corrected chi connectivity index (χ2v) is 6.64. The fourth-order valence-electron chi connectivity index (χ4n) is 3.27. The largest absolute Gasteiger partial charge is 0.494 e. The maximum Gasteiger partial charge on any atom is 0.274 e. The van der Waals surface area contributed by atoms with Crippen LogP contribution in [0.4, 0.5) is 4.39 Å². The van der Waals surface area contributed by atoms with E-state index in [1.54, 1.807) is 16.8 Å². The van der Waals surface area contributed by atoms with E-state index in [1.807, 2.05) is 31.2 Å². The Morgan fingerprint density at radius 1 is 1.28 bits per heavy atom. The summed E-state index contributed by atoms with van der Waals surface area (Å²) in [6.07, 6.45) is -0.265. The van der Waals surface area contributed by atoms with Crippen molar-refractivity contribution >= 4 is 5.91 Å². The summed E-state index contributed by atoms with van der Waals surface area (Å²) in [6.45, 7) is 3.40. The minimum atomic E-state index is -0.318. The van der Waals surface area contributed by atoms with Crippen LogP contribution in [0.15, 0.2) is 48.5 Å². The molecule has 7 nitrogen and oxygen atoms in total. The van der Waals surface area contributed by atoms with E-state index in [2.05, 4.69) is 15.6 Å². The lowest BCUT2D eigenvalue weighted by atomic mass is 10.1. The number of benzene rings is 2. The number of amides is 1. The molecule has 0 fully saturated rings. The van der Waals surface area contributed by atoms with E-state index in [4.69, 9.17) is 9.47 Å². The van der Waals surface area contributed by atoms with Crippen LogP contribution < -0.4 is 10.1 Å². The minimum Gasteiger partial charge on any atom is -0.494 e. The van der Waals surface area contributed by atoms with E-state index >= 15 is 0 Å². The molecule has 0 unspecified atom stereocenters. The first kappa shape index (κ1) is 19.1. The summed E-state index contributed by atoms with van der Waals surface area (Å²) < 4.78 is 26.2. The summed E-state index contributed by atoms with van der Waals surface area (Å²) in [6, 6.07) is 13.7. The molecule has 3 aromatic rings. The molecule has 0 saturated carbocycles. The van der Waals surface area contributed by atoms with Crippen molar-refractivity contribution in [3.05, 3.63) is 76.9 Å². The fraction of sp³-hybridized carbons (Fsp3) is 0.286. The molecule has 1 aromatic heterocycles. The van der Waals surface area contributed by atoms with Crippen molar-refractivity contribution in [2.75, 3.05) is 6.61 Å². The van der Waals surface area contributed by atoms with Gasteiger partial charge in [0, 0.05) is 12.1 Å². The van der Waals surface area contributed by atoms with Gasteiger partial charge in [-0.05, 0) is 30.7 Å². The van der Waals surface area contributed by atoms with E-state index in [0.29, 0.717) is 25.4 Å². The highest BCUT2D eigenvalue weighted by Gasteiger charge is 2.27. The van der Waals surface area contributed by atoms with Gasteiger partial charge in [0.1, 0.15) is 17.7 Å². The summed E-state index contributed by atoms with van der Waals surface area (Å²) in [4.78, 5) is 12.6. The number of halogens is 1. The second-order valence-electron chi connectivity index (χ2n) is 6.64. The molecule has 1 amide bonds. The third kappa shape index (κ3) is 4.12. The molecule has 0 bridgehead atoms. The zero-order valence-corrected chi connectivity index (χ0v) is 16.0. The van der Waals surface area contributed by atoms with Gasteiger partial charge in [0.15, 0.2) is 5.69 Å². The summed E-state index contributed by atoms with van der Waals surface area (Å²) in [5.41, 5.74) is 2.61. The SMILES string of the molecule is CCOc1ccccc1CNC(=O)c1nnn2c1CO[C@H](c1ccc(F)cc1)C2. The Balaban J connectivity index is 1.44. The molecule has 1 atom stereocenters. The lowest BCUT2D eigenvalue weighted by Gasteiger charge is -2.24. The van der Waals surface area contributed by atoms with E-state index in [1.165, 1.54) is 12.1 Å². The highest BCUT2D eigenvalue weighted by molar-refractivity contribution is 5.93. The molecule has 150 valence electrons. The molecule has 0 radical (unpaired) electrons. The summed E-state index contributed by atoms with van der Waals surface area (Å²) in [5, 5.41) is 11.0. The minimum absolute atomic E-state index is 0.202. The van der Waals surface area contributed by atoms with Crippen molar-refractivity contribution in [2.45, 2.75) is 32.7 Å². The van der Waals surface area contributed by atoms with E-state index in [-0.39, 0.29) is 30.1 Å². The van der Waals surface area contributed by atoms with Crippen LogP contribution in [-0.4, -0.2) is 27.5 Å². The number of rotatable bonds is 6. The number of carbonyl (C=O) groups excluding carboxylic acids is 1. The van der Waals surface area contributed by atoms with Crippen molar-refractivity contribution in [3.63, 3.8) is 0 Å². The monoisotopic (exact) mass is 396 g/mol. The van der Waals surface area contributed by atoms with Gasteiger partial charge in [0.2, 0.25) is 0 Å². The first-order valence-electron chi connectivity index (χ1n) is 9.44. The molecule has 8 heteroatoms. The molecule has 0 aliphatic carbocycles. The Labute approximate surface area is 167 Å². The number of carbonyl (C=O) groups is 1. The van der Waals surface area contributed by atoms with Gasteiger partial charge in [0.05, 0.1) is 25.5 Å². The first-order valence-corrected chi connectivity index (χ1v) is 9.44. The Morgan fingerprint density at radius 3 is 2.86 bits per heavy atom. The van der Waals surface area contributed by atoms with E-state index in [9.17, 15) is 9.18 Å². The number of hydrogen-bond donors (Lipinski definition) is 1. The first-order chi connectivity index (χ1) is 14.2. The molecule has 0 saturated heterocycles. The van der Waals surface area contributed by atoms with Gasteiger partial charge < -0.3 is 14.8 Å². The quantitative estimate of drug-likeness (QED) is 0.693. The standard InChI is InChI=1S/C21H21FN4O3/c1-2-28-18-6-4-3-5-15(18)11-23-21(27)20-17-13-29-19(12-26(17)25-24-20)14-7-9-16(22)10-8-14/h3-10,19H,2,11-13H2,1H3,(H,23,27)/t19-/m0/s1. The van der Waals surface area contributed by atoms with Crippen molar-refractivity contribution in [1.82, 2.24) is 20.3 Å². The number of aromatic nitrogens is 3. The van der Waals surface area contributed by atoms with Crippen LogP contribution in [-0.2, 0) is 24.4 Å². The topological polar surface area (TPSA) is 78.3 Å². The molecule has 2 heterocycles. The molecule has 0 spiro atoms. The van der Waals surface area contributed by atoms with Crippen LogP contribution >= 0.6 is 0 Å². The van der Waals surface area contributed by atoms with Gasteiger partial charge >= 0.3 is 0 Å². The Bertz CT molecular complexity index is 1000. The Hall–Kier alpha value is -3.26. The average Bonchev–Trinajstić information content (AvgIpc) is 3.17. The van der Waals surface area contributed by atoms with Crippen LogP contribution in [0.5, 0.6) is 5.75 Å². The smallest absolute Gasteiger partial charge is 0.274 e. The third-order valence-electron chi connectivity index (χ3n) is 4.77. The van der Waals surface area contributed by atoms with Crippen LogP contribution in [0.2, 0.25) is 0 Å². The van der Waals surface area contributed by atoms with Crippen LogP contribution in [0.3, 0.4) is 0 Å². The molecule has 2 aromatic carbocycles. The number of nitrogens with one attached hydrogen (secondary N) is 1. The lowest BCUT2D eigenvalue weighted by molar-refractivity contribution is -0.00180. The number of ether oxygens (including phenoxy) is 2. The summed E-state index contributed by atoms with van der Waals surface area (Å²) in [7, 11) is 0. The van der Waals surface area contributed by atoms with Crippen molar-refractivity contribution < 1.29 is 18.7 Å². The van der Waals surface area contributed by atoms with Crippen LogP contribution in [0.1, 0.15) is 40.3 Å². The van der Waals surface area contributed by atoms with Gasteiger partial charge in [-0.3, -0.25) is 4.79 Å². The van der Waals surface area contributed by atoms with Gasteiger partial charge in [-0.25, -0.2) is 9.07 Å². The second kappa shape index (κ2) is 8.40. The maximum atomic E-state index is 13.1. The fourth-order valence-corrected chi connectivity index (χ4v) is 3.27. The lowest BCUT2D eigenvalue weighted by Crippen LogP contribution is -2.27. The predicted octanol–water partition coefficient (Wildman–Crippen LogP) is 3.02. The molecular formula is C21H21FN4O3. The molecule has 1 N–H and O–H groups in total.